The van der Waals surface area contributed by atoms with Gasteiger partial charge in [-0.1, -0.05) is 13.8 Å². The Hall–Kier alpha value is -3.60. The van der Waals surface area contributed by atoms with Crippen molar-refractivity contribution >= 4 is 37.9 Å². The van der Waals surface area contributed by atoms with Crippen LogP contribution in [0.1, 0.15) is 32.3 Å². The number of hydrogen-bond donors (Lipinski definition) is 1. The Morgan fingerprint density at radius 2 is 1.95 bits per heavy atom. The Morgan fingerprint density at radius 3 is 2.59 bits per heavy atom. The Morgan fingerprint density at radius 1 is 1.16 bits per heavy atom. The number of fused-ring (bicyclic) bond motifs is 1. The first-order chi connectivity index (χ1) is 17.5. The molecule has 0 bridgehead atoms. The van der Waals surface area contributed by atoms with Gasteiger partial charge in [0.1, 0.15) is 27.3 Å². The fourth-order valence-electron chi connectivity index (χ4n) is 5.00. The van der Waals surface area contributed by atoms with Crippen LogP contribution in [0.5, 0.6) is 0 Å². The molecule has 0 spiro atoms. The Balaban J connectivity index is 1.50. The van der Waals surface area contributed by atoms with E-state index in [-0.39, 0.29) is 29.4 Å². The molecule has 11 heteroatoms. The third-order valence-electron chi connectivity index (χ3n) is 6.87. The first-order valence-electron chi connectivity index (χ1n) is 12.2. The molecule has 1 aromatic carbocycles. The first-order valence-corrected chi connectivity index (χ1v) is 14.2. The summed E-state index contributed by atoms with van der Waals surface area (Å²) in [5.41, 5.74) is 2.14. The van der Waals surface area contributed by atoms with E-state index in [1.807, 2.05) is 40.1 Å². The van der Waals surface area contributed by atoms with Gasteiger partial charge in [0, 0.05) is 61.5 Å². The second kappa shape index (κ2) is 9.37. The number of pyridine rings is 1. The lowest BCUT2D eigenvalue weighted by Gasteiger charge is -2.48. The first kappa shape index (κ1) is 25.1. The van der Waals surface area contributed by atoms with Crippen LogP contribution in [0.15, 0.2) is 43.0 Å². The Labute approximate surface area is 215 Å². The van der Waals surface area contributed by atoms with Crippen LogP contribution in [-0.4, -0.2) is 57.7 Å². The highest BCUT2D eigenvalue weighted by Gasteiger charge is 2.38. The highest BCUT2D eigenvalue weighted by atomic mass is 32.2. The van der Waals surface area contributed by atoms with E-state index < -0.39 is 9.84 Å². The highest BCUT2D eigenvalue weighted by Crippen LogP contribution is 2.41. The second-order valence-corrected chi connectivity index (χ2v) is 12.3. The van der Waals surface area contributed by atoms with Crippen molar-refractivity contribution in [3.05, 3.63) is 54.4 Å². The van der Waals surface area contributed by atoms with E-state index >= 15 is 4.39 Å². The number of benzene rings is 1. The quantitative estimate of drug-likeness (QED) is 0.382. The van der Waals surface area contributed by atoms with Gasteiger partial charge in [-0.25, -0.2) is 27.8 Å². The number of nitrogens with zero attached hydrogens (tertiary/aromatic N) is 6. The van der Waals surface area contributed by atoms with Crippen molar-refractivity contribution < 1.29 is 12.8 Å². The Kier molecular flexibility index (Phi) is 6.35. The fourth-order valence-corrected chi connectivity index (χ4v) is 6.16. The zero-order valence-corrected chi connectivity index (χ0v) is 22.3. The molecule has 0 radical (unpaired) electrons. The van der Waals surface area contributed by atoms with E-state index in [9.17, 15) is 8.42 Å². The molecule has 9 nitrogen and oxygen atoms in total. The van der Waals surface area contributed by atoms with Gasteiger partial charge in [0.2, 0.25) is 0 Å². The molecule has 3 aromatic heterocycles. The molecule has 1 aliphatic heterocycles. The molecule has 4 aromatic rings. The van der Waals surface area contributed by atoms with Gasteiger partial charge in [-0.3, -0.25) is 4.68 Å². The van der Waals surface area contributed by atoms with Gasteiger partial charge in [-0.2, -0.15) is 5.10 Å². The van der Waals surface area contributed by atoms with Crippen molar-refractivity contribution in [1.29, 1.82) is 0 Å². The van der Waals surface area contributed by atoms with Gasteiger partial charge >= 0.3 is 0 Å². The molecule has 0 unspecified atom stereocenters. The smallest absolute Gasteiger partial charge is 0.164 e. The summed E-state index contributed by atoms with van der Waals surface area (Å²) in [4.78, 5) is 15.6. The van der Waals surface area contributed by atoms with E-state index in [0.29, 0.717) is 29.6 Å². The Bertz CT molecular complexity index is 1590. The fraction of sp³-hybridized carbons (Fsp3) is 0.385. The van der Waals surface area contributed by atoms with Gasteiger partial charge < -0.3 is 10.2 Å². The van der Waals surface area contributed by atoms with Crippen molar-refractivity contribution in [2.75, 3.05) is 28.8 Å². The standard InChI is InChI=1S/C26H30FN7O2S/c1-15(2)25-19-8-24(31-23-6-7-28-26(32-23)17-10-30-33(4)12-17)29-11-20(19)22(9-21(25)27)34-13-18(16(34)3)14-37(5,35)36/h6-12,15-16,18H,13-14H2,1-5H3,(H,28,29,31,32)/t16-,18-/m1/s1. The average Bonchev–Trinajstić information content (AvgIpc) is 3.26. The zero-order chi connectivity index (χ0) is 26.5. The topological polar surface area (TPSA) is 106 Å². The normalized spacial score (nSPS) is 17.9. The lowest BCUT2D eigenvalue weighted by Crippen LogP contribution is -2.57. The van der Waals surface area contributed by atoms with Crippen molar-refractivity contribution in [2.24, 2.45) is 13.0 Å². The largest absolute Gasteiger partial charge is 0.367 e. The van der Waals surface area contributed by atoms with Gasteiger partial charge in [0.25, 0.3) is 0 Å². The SMILES string of the molecule is CC(C)c1c(F)cc(N2C[C@H](CS(C)(=O)=O)[C@H]2C)c2cnc(Nc3ccnc(-c4cnn(C)c4)n3)cc12. The number of nitrogens with one attached hydrogen (secondary N) is 1. The van der Waals surface area contributed by atoms with Crippen LogP contribution in [0.3, 0.4) is 0 Å². The molecule has 1 fully saturated rings. The van der Waals surface area contributed by atoms with E-state index in [0.717, 1.165) is 22.0 Å². The van der Waals surface area contributed by atoms with Crippen molar-refractivity contribution in [1.82, 2.24) is 24.7 Å². The number of sulfone groups is 1. The van der Waals surface area contributed by atoms with Gasteiger partial charge in [0.15, 0.2) is 5.82 Å². The highest BCUT2D eigenvalue weighted by molar-refractivity contribution is 7.90. The van der Waals surface area contributed by atoms with Crippen LogP contribution >= 0.6 is 0 Å². The molecule has 0 amide bonds. The number of anilines is 3. The molecule has 37 heavy (non-hydrogen) atoms. The van der Waals surface area contributed by atoms with Gasteiger partial charge in [-0.05, 0) is 42.0 Å². The van der Waals surface area contributed by atoms with Crippen LogP contribution < -0.4 is 10.2 Å². The van der Waals surface area contributed by atoms with E-state index in [1.165, 1.54) is 6.26 Å². The molecule has 1 saturated heterocycles. The van der Waals surface area contributed by atoms with E-state index in [1.54, 1.807) is 35.4 Å². The van der Waals surface area contributed by atoms with Crippen LogP contribution in [0.4, 0.5) is 21.7 Å². The minimum atomic E-state index is -3.08. The molecule has 1 aliphatic rings. The van der Waals surface area contributed by atoms with Crippen LogP contribution in [-0.2, 0) is 16.9 Å². The zero-order valence-electron chi connectivity index (χ0n) is 21.5. The summed E-state index contributed by atoms with van der Waals surface area (Å²) < 4.78 is 40.7. The van der Waals surface area contributed by atoms with E-state index in [4.69, 9.17) is 0 Å². The van der Waals surface area contributed by atoms with Crippen LogP contribution in [0, 0.1) is 11.7 Å². The summed E-state index contributed by atoms with van der Waals surface area (Å²) in [5, 5.41) is 8.99. The second-order valence-electron chi connectivity index (χ2n) is 10.1. The molecule has 5 rings (SSSR count). The van der Waals surface area contributed by atoms with Crippen molar-refractivity contribution in [3.8, 4) is 11.4 Å². The molecular formula is C26H30FN7O2S. The monoisotopic (exact) mass is 523 g/mol. The molecular weight excluding hydrogens is 493 g/mol. The maximum atomic E-state index is 15.5. The maximum Gasteiger partial charge on any atom is 0.164 e. The number of halogens is 1. The third-order valence-corrected chi connectivity index (χ3v) is 7.91. The number of rotatable bonds is 7. The summed E-state index contributed by atoms with van der Waals surface area (Å²) in [6, 6.07) is 5.13. The molecule has 2 atom stereocenters. The predicted molar refractivity (Wildman–Crippen MR) is 143 cm³/mol. The average molecular weight is 524 g/mol. The third kappa shape index (κ3) is 5.00. The lowest BCUT2D eigenvalue weighted by atomic mass is 9.88. The summed E-state index contributed by atoms with van der Waals surface area (Å²) in [7, 11) is -1.25. The summed E-state index contributed by atoms with van der Waals surface area (Å²) in [6.07, 6.45) is 8.20. The lowest BCUT2D eigenvalue weighted by molar-refractivity contribution is 0.341. The summed E-state index contributed by atoms with van der Waals surface area (Å²) in [5.74, 6) is 1.44. The van der Waals surface area contributed by atoms with Gasteiger partial charge in [0.05, 0.1) is 17.5 Å². The van der Waals surface area contributed by atoms with Gasteiger partial charge in [-0.15, -0.1) is 0 Å². The van der Waals surface area contributed by atoms with E-state index in [2.05, 4.69) is 30.3 Å². The minimum absolute atomic E-state index is 0.0126. The number of hydrogen-bond acceptors (Lipinski definition) is 8. The van der Waals surface area contributed by atoms with Crippen LogP contribution in [0.2, 0.25) is 0 Å². The van der Waals surface area contributed by atoms with Crippen molar-refractivity contribution in [3.63, 3.8) is 0 Å². The minimum Gasteiger partial charge on any atom is -0.367 e. The van der Waals surface area contributed by atoms with Crippen LogP contribution in [0.25, 0.3) is 22.2 Å². The molecule has 1 N–H and O–H groups in total. The molecule has 0 saturated carbocycles. The number of aryl methyl sites for hydroxylation is 1. The van der Waals surface area contributed by atoms with Crippen molar-refractivity contribution in [2.45, 2.75) is 32.7 Å². The number of aromatic nitrogens is 5. The summed E-state index contributed by atoms with van der Waals surface area (Å²) >= 11 is 0. The predicted octanol–water partition coefficient (Wildman–Crippen LogP) is 4.30. The maximum absolute atomic E-state index is 15.5. The summed E-state index contributed by atoms with van der Waals surface area (Å²) in [6.45, 7) is 6.47. The molecule has 0 aliphatic carbocycles. The molecule has 4 heterocycles. The molecule has 194 valence electrons.